The van der Waals surface area contributed by atoms with Crippen LogP contribution < -0.4 is 0 Å². The molecule has 0 aromatic rings. The molecule has 11 nitrogen and oxygen atoms in total. The highest BCUT2D eigenvalue weighted by Gasteiger charge is 2.77. The zero-order valence-corrected chi connectivity index (χ0v) is 28.9. The van der Waals surface area contributed by atoms with Crippen LogP contribution in [0.5, 0.6) is 0 Å². The molecule has 4 aliphatic carbocycles. The fourth-order valence-corrected chi connectivity index (χ4v) is 11.3. The lowest BCUT2D eigenvalue weighted by Crippen LogP contribution is -2.78. The van der Waals surface area contributed by atoms with Gasteiger partial charge in [-0.3, -0.25) is 0 Å². The monoisotopic (exact) mass is 652 g/mol. The number of hydrogen-bond donors (Lipinski definition) is 2. The summed E-state index contributed by atoms with van der Waals surface area (Å²) in [7, 11) is 1.60. The van der Waals surface area contributed by atoms with Crippen molar-refractivity contribution in [2.45, 2.75) is 159 Å². The molecule has 3 heterocycles. The smallest absolute Gasteiger partial charge is 0.187 e. The second-order valence-corrected chi connectivity index (χ2v) is 16.8. The van der Waals surface area contributed by atoms with Crippen molar-refractivity contribution in [1.29, 1.82) is 0 Å². The van der Waals surface area contributed by atoms with E-state index in [9.17, 15) is 15.0 Å². The zero-order chi connectivity index (χ0) is 33.1. The van der Waals surface area contributed by atoms with Crippen molar-refractivity contribution < 1.29 is 52.9 Å². The molecule has 0 aromatic carbocycles. The molecule has 7 fully saturated rings. The minimum Gasteiger partial charge on any atom is -0.389 e. The lowest BCUT2D eigenvalue weighted by atomic mass is 9.40. The summed E-state index contributed by atoms with van der Waals surface area (Å²) in [5.41, 5.74) is -3.85. The fraction of sp³-hybridized carbons (Fsp3) is 0.971. The first-order chi connectivity index (χ1) is 21.5. The fourth-order valence-electron chi connectivity index (χ4n) is 11.3. The molecule has 0 bridgehead atoms. The molecule has 46 heavy (non-hydrogen) atoms. The molecule has 1 spiro atoms. The van der Waals surface area contributed by atoms with E-state index in [2.05, 4.69) is 6.92 Å². The summed E-state index contributed by atoms with van der Waals surface area (Å²) < 4.78 is 51.0. The zero-order valence-electron chi connectivity index (χ0n) is 28.9. The summed E-state index contributed by atoms with van der Waals surface area (Å²) in [6.07, 6.45) is 2.03. The minimum atomic E-state index is -1.24. The number of hydrogen-bond acceptors (Lipinski definition) is 11. The summed E-state index contributed by atoms with van der Waals surface area (Å²) in [6, 6.07) is 0. The van der Waals surface area contributed by atoms with Gasteiger partial charge < -0.3 is 52.9 Å². The first kappa shape index (κ1) is 33.8. The van der Waals surface area contributed by atoms with Crippen LogP contribution in [0.1, 0.15) is 93.4 Å². The van der Waals surface area contributed by atoms with E-state index in [1.54, 1.807) is 7.11 Å². The van der Waals surface area contributed by atoms with Crippen molar-refractivity contribution in [3.8, 4) is 0 Å². The number of aldehydes is 1. The first-order valence-electron chi connectivity index (χ1n) is 17.5. The number of aliphatic hydroxyl groups is 2. The van der Waals surface area contributed by atoms with Gasteiger partial charge in [-0.25, -0.2) is 0 Å². The average molecular weight is 653 g/mol. The van der Waals surface area contributed by atoms with E-state index in [4.69, 9.17) is 37.9 Å². The van der Waals surface area contributed by atoms with Gasteiger partial charge in [0, 0.05) is 43.1 Å². The molecule has 3 saturated heterocycles. The Hall–Kier alpha value is -0.730. The molecule has 0 aromatic heterocycles. The molecular formula is C35H56O11. The van der Waals surface area contributed by atoms with E-state index in [1.165, 1.54) is 0 Å². The van der Waals surface area contributed by atoms with Crippen LogP contribution in [-0.2, 0) is 42.7 Å². The average Bonchev–Trinajstić information content (AvgIpc) is 3.45. The lowest BCUT2D eigenvalue weighted by Gasteiger charge is -2.71. The predicted octanol–water partition coefficient (Wildman–Crippen LogP) is 3.70. The van der Waals surface area contributed by atoms with Gasteiger partial charge in [-0.15, -0.1) is 0 Å². The molecule has 7 rings (SSSR count). The van der Waals surface area contributed by atoms with Crippen LogP contribution >= 0.6 is 0 Å². The Morgan fingerprint density at radius 1 is 0.935 bits per heavy atom. The van der Waals surface area contributed by atoms with Gasteiger partial charge in [0.15, 0.2) is 17.9 Å². The SMILES string of the molecule is COCOC1C[C@]2(C)[C@@H](C=O)CC[C@]2(O)C2CC[C@]3(O)C[C@@H](O[C@@H]4O[C@@H](C)[C@H](C)[C@H]5OC(C)(C)O[C@@H]45)C[C@H]4OC(C)(C)OC[C@]43C12. The first-order valence-corrected chi connectivity index (χ1v) is 17.5. The third-order valence-corrected chi connectivity index (χ3v) is 13.7. The number of carbonyl (C=O) groups is 1. The molecule has 0 amide bonds. The normalized spacial score (nSPS) is 55.4. The van der Waals surface area contributed by atoms with E-state index < -0.39 is 52.1 Å². The van der Waals surface area contributed by atoms with Crippen molar-refractivity contribution in [3.63, 3.8) is 0 Å². The molecular weight excluding hydrogens is 596 g/mol. The lowest BCUT2D eigenvalue weighted by molar-refractivity contribution is -0.409. The van der Waals surface area contributed by atoms with Gasteiger partial charge in [0.1, 0.15) is 19.2 Å². The maximum Gasteiger partial charge on any atom is 0.187 e. The molecule has 2 N–H and O–H groups in total. The van der Waals surface area contributed by atoms with Crippen molar-refractivity contribution >= 4 is 6.29 Å². The molecule has 3 unspecified atom stereocenters. The van der Waals surface area contributed by atoms with Crippen molar-refractivity contribution in [3.05, 3.63) is 0 Å². The summed E-state index contributed by atoms with van der Waals surface area (Å²) >= 11 is 0. The van der Waals surface area contributed by atoms with Crippen LogP contribution in [0.3, 0.4) is 0 Å². The Bertz CT molecular complexity index is 1180. The predicted molar refractivity (Wildman–Crippen MR) is 163 cm³/mol. The van der Waals surface area contributed by atoms with Crippen LogP contribution in [0.2, 0.25) is 0 Å². The highest BCUT2D eigenvalue weighted by Crippen LogP contribution is 2.71. The molecule has 262 valence electrons. The van der Waals surface area contributed by atoms with E-state index in [0.29, 0.717) is 44.9 Å². The van der Waals surface area contributed by atoms with Crippen LogP contribution in [-0.4, -0.2) is 103 Å². The van der Waals surface area contributed by atoms with E-state index in [1.807, 2.05) is 41.5 Å². The molecule has 0 radical (unpaired) electrons. The minimum absolute atomic E-state index is 0.0723. The van der Waals surface area contributed by atoms with E-state index in [-0.39, 0.29) is 61.5 Å². The maximum absolute atomic E-state index is 13.0. The number of fused-ring (bicyclic) bond motifs is 4. The molecule has 7 aliphatic rings. The van der Waals surface area contributed by atoms with Gasteiger partial charge in [-0.1, -0.05) is 13.8 Å². The van der Waals surface area contributed by atoms with Crippen LogP contribution in [0.15, 0.2) is 0 Å². The summed E-state index contributed by atoms with van der Waals surface area (Å²) in [5.74, 6) is -2.28. The number of ether oxygens (including phenoxy) is 8. The van der Waals surface area contributed by atoms with Gasteiger partial charge in [-0.05, 0) is 72.6 Å². The van der Waals surface area contributed by atoms with Crippen LogP contribution in [0.25, 0.3) is 0 Å². The largest absolute Gasteiger partial charge is 0.389 e. The van der Waals surface area contributed by atoms with Crippen LogP contribution in [0.4, 0.5) is 0 Å². The topological polar surface area (TPSA) is 131 Å². The van der Waals surface area contributed by atoms with Crippen LogP contribution in [0, 0.1) is 34.5 Å². The Kier molecular flexibility index (Phi) is 8.17. The third kappa shape index (κ3) is 4.77. The summed E-state index contributed by atoms with van der Waals surface area (Å²) in [6.45, 7) is 14.2. The number of methoxy groups -OCH3 is 1. The van der Waals surface area contributed by atoms with Gasteiger partial charge >= 0.3 is 0 Å². The van der Waals surface area contributed by atoms with E-state index in [0.717, 1.165) is 6.29 Å². The van der Waals surface area contributed by atoms with Gasteiger partial charge in [0.05, 0.1) is 53.7 Å². The van der Waals surface area contributed by atoms with E-state index >= 15 is 0 Å². The number of rotatable bonds is 6. The maximum atomic E-state index is 13.0. The van der Waals surface area contributed by atoms with Crippen molar-refractivity contribution in [1.82, 2.24) is 0 Å². The molecule has 11 heteroatoms. The summed E-state index contributed by atoms with van der Waals surface area (Å²) in [4.78, 5) is 12.3. The quantitative estimate of drug-likeness (QED) is 0.247. The highest BCUT2D eigenvalue weighted by atomic mass is 16.8. The highest BCUT2D eigenvalue weighted by molar-refractivity contribution is 5.57. The summed E-state index contributed by atoms with van der Waals surface area (Å²) in [5, 5.41) is 25.7. The van der Waals surface area contributed by atoms with Crippen molar-refractivity contribution in [2.75, 3.05) is 20.5 Å². The third-order valence-electron chi connectivity index (χ3n) is 13.7. The molecule has 15 atom stereocenters. The van der Waals surface area contributed by atoms with Gasteiger partial charge in [0.2, 0.25) is 0 Å². The Labute approximate surface area is 273 Å². The van der Waals surface area contributed by atoms with Gasteiger partial charge in [0.25, 0.3) is 0 Å². The second-order valence-electron chi connectivity index (χ2n) is 16.8. The van der Waals surface area contributed by atoms with Gasteiger partial charge in [-0.2, -0.15) is 0 Å². The standard InChI is InChI=1S/C35H56O11/c1-19-20(2)42-29(28-27(19)45-31(5,6)46-28)43-22-13-25-34(17-41-30(3,4)44-25)26-23(10-11-33(34,37)14-22)35(38)12-9-21(16-36)32(35,7)15-24(26)40-18-39-8/h16,19-29,37-38H,9-15,17-18H2,1-8H3/t19-,20-,21+,22-,23?,24?,25+,26?,27+,28+,29-,32+,33-,34+,35-/m0/s1. The second kappa shape index (κ2) is 11.1. The Morgan fingerprint density at radius 3 is 2.39 bits per heavy atom. The molecule has 4 saturated carbocycles. The van der Waals surface area contributed by atoms with Crippen molar-refractivity contribution in [2.24, 2.45) is 34.5 Å². The number of carbonyl (C=O) groups excluding carboxylic acids is 1. The molecule has 3 aliphatic heterocycles. The Balaban J connectivity index is 1.24. The Morgan fingerprint density at radius 2 is 1.67 bits per heavy atom.